The highest BCUT2D eigenvalue weighted by Gasteiger charge is 2.24. The first kappa shape index (κ1) is 9.30. The number of nitrogens with zero attached hydrogens (tertiary/aromatic N) is 1. The molecule has 0 fully saturated rings. The summed E-state index contributed by atoms with van der Waals surface area (Å²) < 4.78 is 37.1. The zero-order chi connectivity index (χ0) is 10.2. The van der Waals surface area contributed by atoms with Crippen LogP contribution < -0.4 is 0 Å². The predicted octanol–water partition coefficient (Wildman–Crippen LogP) is 1.72. The lowest BCUT2D eigenvalue weighted by Crippen LogP contribution is -1.96. The second-order valence-corrected chi connectivity index (χ2v) is 2.11. The van der Waals surface area contributed by atoms with Crippen LogP contribution in [0.15, 0.2) is 6.07 Å². The molecule has 0 radical (unpaired) electrons. The van der Waals surface area contributed by atoms with E-state index in [-0.39, 0.29) is 6.07 Å². The summed E-state index contributed by atoms with van der Waals surface area (Å²) in [6.07, 6.45) is 0. The van der Waals surface area contributed by atoms with Gasteiger partial charge in [-0.25, -0.2) is 8.78 Å². The zero-order valence-electron chi connectivity index (χ0n) is 5.92. The molecule has 1 rings (SSSR count). The highest BCUT2D eigenvalue weighted by molar-refractivity contribution is 5.46. The minimum atomic E-state index is -1.97. The van der Waals surface area contributed by atoms with E-state index in [1.165, 1.54) is 0 Å². The van der Waals surface area contributed by atoms with E-state index in [0.717, 1.165) is 0 Å². The van der Waals surface area contributed by atoms with Gasteiger partial charge in [-0.15, -0.1) is 0 Å². The maximum absolute atomic E-state index is 12.4. The molecule has 1 aromatic rings. The number of phenolic OH excluding ortho intramolecular Hbond substituents is 1. The molecule has 0 aliphatic carbocycles. The predicted molar refractivity (Wildman–Crippen MR) is 34.6 cm³/mol. The van der Waals surface area contributed by atoms with Crippen molar-refractivity contribution in [2.45, 2.75) is 0 Å². The van der Waals surface area contributed by atoms with Crippen LogP contribution in [0.2, 0.25) is 0 Å². The fourth-order valence-corrected chi connectivity index (χ4v) is 0.712. The largest absolute Gasteiger partial charge is 0.500 e. The average molecular weight is 193 g/mol. The van der Waals surface area contributed by atoms with Crippen LogP contribution in [0.3, 0.4) is 0 Å². The normalized spacial score (nSPS) is 10.1. The molecule has 0 aromatic heterocycles. The Morgan fingerprint density at radius 3 is 2.31 bits per heavy atom. The number of hydrogen-bond acceptors (Lipinski definition) is 3. The molecule has 0 aliphatic heterocycles. The van der Waals surface area contributed by atoms with Gasteiger partial charge in [0.25, 0.3) is 0 Å². The molecule has 0 unspecified atom stereocenters. The summed E-state index contributed by atoms with van der Waals surface area (Å²) in [6.45, 7) is 0. The first-order valence-corrected chi connectivity index (χ1v) is 2.96. The van der Waals surface area contributed by atoms with E-state index < -0.39 is 33.8 Å². The fraction of sp³-hybridized carbons (Fsp3) is 0. The molecular weight excluding hydrogens is 191 g/mol. The van der Waals surface area contributed by atoms with Gasteiger partial charge in [0.05, 0.1) is 11.0 Å². The van der Waals surface area contributed by atoms with Crippen LogP contribution in [0, 0.1) is 27.6 Å². The molecule has 0 spiro atoms. The molecule has 1 aromatic carbocycles. The Labute approximate surface area is 69.4 Å². The van der Waals surface area contributed by atoms with Crippen molar-refractivity contribution >= 4 is 5.69 Å². The van der Waals surface area contributed by atoms with Crippen LogP contribution in [-0.2, 0) is 0 Å². The van der Waals surface area contributed by atoms with E-state index in [2.05, 4.69) is 0 Å². The summed E-state index contributed by atoms with van der Waals surface area (Å²) in [6, 6.07) is 0.105. The third-order valence-corrected chi connectivity index (χ3v) is 1.31. The van der Waals surface area contributed by atoms with Gasteiger partial charge in [0.15, 0.2) is 11.6 Å². The summed E-state index contributed by atoms with van der Waals surface area (Å²) >= 11 is 0. The van der Waals surface area contributed by atoms with E-state index >= 15 is 0 Å². The molecule has 13 heavy (non-hydrogen) atoms. The number of nitro benzene ring substituents is 1. The van der Waals surface area contributed by atoms with Gasteiger partial charge in [-0.3, -0.25) is 10.1 Å². The second kappa shape index (κ2) is 2.92. The molecule has 0 heterocycles. The Hall–Kier alpha value is -1.79. The SMILES string of the molecule is O=[N+]([O-])c1cc(F)c(F)c(F)c1O. The molecule has 0 amide bonds. The minimum Gasteiger partial charge on any atom is -0.500 e. The van der Waals surface area contributed by atoms with Crippen molar-refractivity contribution < 1.29 is 23.2 Å². The van der Waals surface area contributed by atoms with Gasteiger partial charge in [-0.05, 0) is 0 Å². The Morgan fingerprint density at radius 2 is 1.85 bits per heavy atom. The summed E-state index contributed by atoms with van der Waals surface area (Å²) in [7, 11) is 0. The molecule has 0 bridgehead atoms. The second-order valence-electron chi connectivity index (χ2n) is 2.11. The van der Waals surface area contributed by atoms with Gasteiger partial charge in [0.2, 0.25) is 11.6 Å². The van der Waals surface area contributed by atoms with Gasteiger partial charge >= 0.3 is 5.69 Å². The van der Waals surface area contributed by atoms with Crippen molar-refractivity contribution in [3.8, 4) is 5.75 Å². The van der Waals surface area contributed by atoms with Crippen LogP contribution in [-0.4, -0.2) is 10.0 Å². The molecule has 1 N–H and O–H groups in total. The topological polar surface area (TPSA) is 63.4 Å². The number of nitro groups is 1. The number of aromatic hydroxyl groups is 1. The minimum absolute atomic E-state index is 0.105. The van der Waals surface area contributed by atoms with Crippen LogP contribution in [0.4, 0.5) is 18.9 Å². The van der Waals surface area contributed by atoms with Crippen LogP contribution >= 0.6 is 0 Å². The van der Waals surface area contributed by atoms with Gasteiger partial charge in [-0.2, -0.15) is 4.39 Å². The maximum atomic E-state index is 12.4. The van der Waals surface area contributed by atoms with Crippen molar-refractivity contribution in [3.63, 3.8) is 0 Å². The number of halogens is 3. The Bertz CT molecular complexity index is 380. The first-order chi connectivity index (χ1) is 5.95. The van der Waals surface area contributed by atoms with E-state index in [4.69, 9.17) is 5.11 Å². The molecule has 7 heteroatoms. The maximum Gasteiger partial charge on any atom is 0.316 e. The van der Waals surface area contributed by atoms with E-state index in [9.17, 15) is 23.3 Å². The lowest BCUT2D eigenvalue weighted by Gasteiger charge is -1.98. The van der Waals surface area contributed by atoms with E-state index in [1.807, 2.05) is 0 Å². The summed E-state index contributed by atoms with van der Waals surface area (Å²) in [4.78, 5) is 8.81. The Morgan fingerprint density at radius 1 is 1.31 bits per heavy atom. The van der Waals surface area contributed by atoms with Crippen molar-refractivity contribution in [1.29, 1.82) is 0 Å². The average Bonchev–Trinajstić information content (AvgIpc) is 2.07. The third-order valence-electron chi connectivity index (χ3n) is 1.31. The molecular formula is C6H2F3NO3. The van der Waals surface area contributed by atoms with Crippen LogP contribution in [0.1, 0.15) is 0 Å². The Kier molecular flexibility index (Phi) is 2.09. The van der Waals surface area contributed by atoms with Crippen molar-refractivity contribution in [1.82, 2.24) is 0 Å². The van der Waals surface area contributed by atoms with Crippen LogP contribution in [0.25, 0.3) is 0 Å². The van der Waals surface area contributed by atoms with Crippen molar-refractivity contribution in [2.75, 3.05) is 0 Å². The van der Waals surface area contributed by atoms with Crippen LogP contribution in [0.5, 0.6) is 5.75 Å². The van der Waals surface area contributed by atoms with Crippen molar-refractivity contribution in [2.24, 2.45) is 0 Å². The first-order valence-electron chi connectivity index (χ1n) is 2.96. The zero-order valence-corrected chi connectivity index (χ0v) is 5.92. The van der Waals surface area contributed by atoms with Gasteiger partial charge in [0, 0.05) is 0 Å². The number of phenols is 1. The monoisotopic (exact) mass is 193 g/mol. The lowest BCUT2D eigenvalue weighted by atomic mass is 10.2. The van der Waals surface area contributed by atoms with Gasteiger partial charge in [-0.1, -0.05) is 0 Å². The quantitative estimate of drug-likeness (QED) is 0.419. The van der Waals surface area contributed by atoms with E-state index in [1.54, 1.807) is 0 Å². The molecule has 70 valence electrons. The number of rotatable bonds is 1. The molecule has 0 saturated heterocycles. The lowest BCUT2D eigenvalue weighted by molar-refractivity contribution is -0.386. The summed E-state index contributed by atoms with van der Waals surface area (Å²) in [5, 5.41) is 18.7. The summed E-state index contributed by atoms with van der Waals surface area (Å²) in [5.41, 5.74) is -1.21. The highest BCUT2D eigenvalue weighted by atomic mass is 19.2. The summed E-state index contributed by atoms with van der Waals surface area (Å²) in [5.74, 6) is -7.14. The number of benzene rings is 1. The van der Waals surface area contributed by atoms with Gasteiger partial charge in [0.1, 0.15) is 0 Å². The Balaban J connectivity index is 3.50. The standard InChI is InChI=1S/C6H2F3NO3/c7-2-1-3(10(12)13)6(11)5(9)4(2)8/h1,11H. The molecule has 4 nitrogen and oxygen atoms in total. The number of hydrogen-bond donors (Lipinski definition) is 1. The molecule has 0 saturated carbocycles. The van der Waals surface area contributed by atoms with Crippen molar-refractivity contribution in [3.05, 3.63) is 33.6 Å². The van der Waals surface area contributed by atoms with E-state index in [0.29, 0.717) is 0 Å². The van der Waals surface area contributed by atoms with Gasteiger partial charge < -0.3 is 5.11 Å². The smallest absolute Gasteiger partial charge is 0.316 e. The third kappa shape index (κ3) is 1.40. The molecule has 0 aliphatic rings. The fourth-order valence-electron chi connectivity index (χ4n) is 0.712. The molecule has 0 atom stereocenters. The highest BCUT2D eigenvalue weighted by Crippen LogP contribution is 2.31.